The van der Waals surface area contributed by atoms with Crippen LogP contribution in [-0.4, -0.2) is 28.7 Å². The molecule has 2 aliphatic carbocycles. The molecule has 5 nitrogen and oxygen atoms in total. The Kier molecular flexibility index (Phi) is 4.07. The Morgan fingerprint density at radius 3 is 2.76 bits per heavy atom. The summed E-state index contributed by atoms with van der Waals surface area (Å²) in [5.74, 6) is 0.763. The third kappa shape index (κ3) is 2.60. The molecule has 1 aromatic heterocycles. The van der Waals surface area contributed by atoms with E-state index in [0.29, 0.717) is 17.8 Å². The van der Waals surface area contributed by atoms with Gasteiger partial charge in [-0.3, -0.25) is 0 Å². The van der Waals surface area contributed by atoms with Crippen LogP contribution in [0.3, 0.4) is 0 Å². The third-order valence-corrected chi connectivity index (χ3v) is 5.03. The van der Waals surface area contributed by atoms with Crippen LogP contribution in [0, 0.1) is 16.7 Å². The van der Waals surface area contributed by atoms with Crippen molar-refractivity contribution in [3.63, 3.8) is 0 Å². The Hall–Kier alpha value is -1.67. The number of hydrogen-bond acceptors (Lipinski definition) is 5. The zero-order valence-corrected chi connectivity index (χ0v) is 12.5. The van der Waals surface area contributed by atoms with E-state index in [1.165, 1.54) is 38.3 Å². The van der Waals surface area contributed by atoms with Gasteiger partial charge in [-0.2, -0.15) is 5.26 Å². The molecule has 112 valence electrons. The molecule has 0 amide bonds. The van der Waals surface area contributed by atoms with Crippen molar-refractivity contribution in [2.24, 2.45) is 5.41 Å². The highest BCUT2D eigenvalue weighted by Crippen LogP contribution is 2.54. The van der Waals surface area contributed by atoms with Gasteiger partial charge < -0.3 is 10.1 Å². The first-order chi connectivity index (χ1) is 10.3. The second kappa shape index (κ2) is 5.98. The maximum atomic E-state index is 8.77. The fourth-order valence-electron chi connectivity index (χ4n) is 3.90. The van der Waals surface area contributed by atoms with Gasteiger partial charge in [-0.05, 0) is 26.2 Å². The first kappa shape index (κ1) is 14.3. The molecule has 1 heterocycles. The Morgan fingerprint density at radius 2 is 2.14 bits per heavy atom. The summed E-state index contributed by atoms with van der Waals surface area (Å²) in [5, 5.41) is 12.3. The average molecular weight is 286 g/mol. The highest BCUT2D eigenvalue weighted by molar-refractivity contribution is 5.37. The summed E-state index contributed by atoms with van der Waals surface area (Å²) in [7, 11) is 0. The number of nitrogens with zero attached hydrogens (tertiary/aromatic N) is 3. The van der Waals surface area contributed by atoms with Crippen LogP contribution in [0.4, 0.5) is 5.82 Å². The number of nitriles is 1. The van der Waals surface area contributed by atoms with Gasteiger partial charge in [0.15, 0.2) is 5.69 Å². The van der Waals surface area contributed by atoms with Gasteiger partial charge >= 0.3 is 0 Å². The summed E-state index contributed by atoms with van der Waals surface area (Å²) in [4.78, 5) is 8.36. The molecule has 0 radical (unpaired) electrons. The minimum Gasteiger partial charge on any atom is -0.378 e. The average Bonchev–Trinajstić information content (AvgIpc) is 2.55. The predicted octanol–water partition coefficient (Wildman–Crippen LogP) is 2.89. The van der Waals surface area contributed by atoms with Gasteiger partial charge in [0, 0.05) is 18.1 Å². The molecule has 0 bridgehead atoms. The van der Waals surface area contributed by atoms with E-state index in [-0.39, 0.29) is 5.41 Å². The molecule has 2 unspecified atom stereocenters. The van der Waals surface area contributed by atoms with E-state index in [1.54, 1.807) is 6.20 Å². The van der Waals surface area contributed by atoms with Gasteiger partial charge in [-0.1, -0.05) is 19.3 Å². The molecule has 1 aromatic rings. The first-order valence-electron chi connectivity index (χ1n) is 7.89. The van der Waals surface area contributed by atoms with Crippen LogP contribution in [0.5, 0.6) is 0 Å². The van der Waals surface area contributed by atoms with Gasteiger partial charge in [0.1, 0.15) is 11.9 Å². The van der Waals surface area contributed by atoms with Crippen molar-refractivity contribution in [3.05, 3.63) is 18.1 Å². The SMILES string of the molecule is CCOC1CC(Nc2cnc(C#N)cn2)C12CCCCC2. The molecule has 2 saturated carbocycles. The van der Waals surface area contributed by atoms with E-state index in [4.69, 9.17) is 10.00 Å². The molecule has 21 heavy (non-hydrogen) atoms. The van der Waals surface area contributed by atoms with Crippen molar-refractivity contribution in [1.82, 2.24) is 9.97 Å². The van der Waals surface area contributed by atoms with Crippen LogP contribution in [0.1, 0.15) is 51.1 Å². The molecule has 0 saturated heterocycles. The number of aromatic nitrogens is 2. The largest absolute Gasteiger partial charge is 0.378 e. The molecule has 3 rings (SSSR count). The summed E-state index contributed by atoms with van der Waals surface area (Å²) in [6.45, 7) is 2.86. The Labute approximate surface area is 125 Å². The minimum absolute atomic E-state index is 0.268. The quantitative estimate of drug-likeness (QED) is 0.921. The Bertz CT molecular complexity index is 516. The molecule has 2 atom stereocenters. The first-order valence-corrected chi connectivity index (χ1v) is 7.89. The molecule has 0 aliphatic heterocycles. The van der Waals surface area contributed by atoms with Gasteiger partial charge in [0.25, 0.3) is 0 Å². The van der Waals surface area contributed by atoms with E-state index in [2.05, 4.69) is 22.2 Å². The van der Waals surface area contributed by atoms with E-state index in [1.807, 2.05) is 6.07 Å². The zero-order valence-electron chi connectivity index (χ0n) is 12.5. The monoisotopic (exact) mass is 286 g/mol. The van der Waals surface area contributed by atoms with Crippen LogP contribution in [-0.2, 0) is 4.74 Å². The molecular weight excluding hydrogens is 264 g/mol. The predicted molar refractivity (Wildman–Crippen MR) is 79.7 cm³/mol. The molecule has 2 aliphatic rings. The number of hydrogen-bond donors (Lipinski definition) is 1. The number of rotatable bonds is 4. The van der Waals surface area contributed by atoms with Crippen molar-refractivity contribution in [2.45, 2.75) is 57.6 Å². The lowest BCUT2D eigenvalue weighted by Gasteiger charge is -2.57. The lowest BCUT2D eigenvalue weighted by molar-refractivity contribution is -0.134. The van der Waals surface area contributed by atoms with E-state index in [0.717, 1.165) is 18.8 Å². The van der Waals surface area contributed by atoms with Crippen molar-refractivity contribution in [2.75, 3.05) is 11.9 Å². The highest BCUT2D eigenvalue weighted by Gasteiger charge is 2.55. The lowest BCUT2D eigenvalue weighted by Crippen LogP contribution is -2.62. The van der Waals surface area contributed by atoms with E-state index >= 15 is 0 Å². The van der Waals surface area contributed by atoms with Gasteiger partial charge in [0.2, 0.25) is 0 Å². The smallest absolute Gasteiger partial charge is 0.158 e. The topological polar surface area (TPSA) is 70.8 Å². The second-order valence-corrected chi connectivity index (χ2v) is 6.07. The fraction of sp³-hybridized carbons (Fsp3) is 0.688. The third-order valence-electron chi connectivity index (χ3n) is 5.03. The summed E-state index contributed by atoms with van der Waals surface area (Å²) >= 11 is 0. The number of nitrogens with one attached hydrogen (secondary N) is 1. The summed E-state index contributed by atoms with van der Waals surface area (Å²) in [6.07, 6.45) is 11.0. The van der Waals surface area contributed by atoms with Crippen molar-refractivity contribution < 1.29 is 4.74 Å². The van der Waals surface area contributed by atoms with Gasteiger partial charge in [-0.15, -0.1) is 0 Å². The highest BCUT2D eigenvalue weighted by atomic mass is 16.5. The summed E-state index contributed by atoms with van der Waals surface area (Å²) in [5.41, 5.74) is 0.623. The minimum atomic E-state index is 0.268. The maximum Gasteiger partial charge on any atom is 0.158 e. The lowest BCUT2D eigenvalue weighted by atomic mass is 9.55. The van der Waals surface area contributed by atoms with E-state index in [9.17, 15) is 0 Å². The molecule has 5 heteroatoms. The number of ether oxygens (including phenoxy) is 1. The van der Waals surface area contributed by atoms with Crippen LogP contribution in [0.2, 0.25) is 0 Å². The Balaban J connectivity index is 1.71. The van der Waals surface area contributed by atoms with Crippen LogP contribution < -0.4 is 5.32 Å². The van der Waals surface area contributed by atoms with Crippen LogP contribution >= 0.6 is 0 Å². The van der Waals surface area contributed by atoms with Crippen LogP contribution in [0.25, 0.3) is 0 Å². The maximum absolute atomic E-state index is 8.77. The van der Waals surface area contributed by atoms with Crippen molar-refractivity contribution >= 4 is 5.82 Å². The van der Waals surface area contributed by atoms with Crippen molar-refractivity contribution in [3.8, 4) is 6.07 Å². The second-order valence-electron chi connectivity index (χ2n) is 6.07. The van der Waals surface area contributed by atoms with E-state index < -0.39 is 0 Å². The molecule has 2 fully saturated rings. The van der Waals surface area contributed by atoms with Gasteiger partial charge in [0.05, 0.1) is 18.5 Å². The summed E-state index contributed by atoms with van der Waals surface area (Å²) < 4.78 is 5.96. The summed E-state index contributed by atoms with van der Waals surface area (Å²) in [6, 6.07) is 2.41. The van der Waals surface area contributed by atoms with Crippen molar-refractivity contribution in [1.29, 1.82) is 5.26 Å². The zero-order chi connectivity index (χ0) is 14.7. The normalized spacial score (nSPS) is 26.9. The molecule has 1 spiro atoms. The number of anilines is 1. The molecular formula is C16H22N4O. The standard InChI is InChI=1S/C16H22N4O/c1-2-21-14-8-13(16(14)6-4-3-5-7-16)20-15-11-18-12(9-17)10-19-15/h10-11,13-14H,2-8H2,1H3,(H,19,20). The fourth-order valence-corrected chi connectivity index (χ4v) is 3.90. The van der Waals surface area contributed by atoms with Crippen LogP contribution in [0.15, 0.2) is 12.4 Å². The molecule has 1 N–H and O–H groups in total. The Morgan fingerprint density at radius 1 is 1.33 bits per heavy atom. The molecule has 0 aromatic carbocycles. The van der Waals surface area contributed by atoms with Gasteiger partial charge in [-0.25, -0.2) is 9.97 Å².